The second-order valence-electron chi connectivity index (χ2n) is 4.43. The van der Waals surface area contributed by atoms with Crippen LogP contribution in [0.5, 0.6) is 0 Å². The number of benzene rings is 1. The van der Waals surface area contributed by atoms with Crippen molar-refractivity contribution in [3.63, 3.8) is 0 Å². The molecule has 0 aliphatic carbocycles. The largest absolute Gasteiger partial charge is 0.326 e. The van der Waals surface area contributed by atoms with Crippen molar-refractivity contribution in [2.75, 3.05) is 0 Å². The Balaban J connectivity index is 0.000000292. The molecule has 0 fully saturated rings. The summed E-state index contributed by atoms with van der Waals surface area (Å²) in [6, 6.07) is 8.19. The normalized spacial score (nSPS) is 10.1. The van der Waals surface area contributed by atoms with Gasteiger partial charge in [0.1, 0.15) is 0 Å². The van der Waals surface area contributed by atoms with Crippen LogP contribution >= 0.6 is 0 Å². The highest BCUT2D eigenvalue weighted by atomic mass is 14.7. The van der Waals surface area contributed by atoms with Crippen molar-refractivity contribution in [1.82, 2.24) is 0 Å². The van der Waals surface area contributed by atoms with Gasteiger partial charge in [0.2, 0.25) is 0 Å². The molecule has 0 aromatic heterocycles. The summed E-state index contributed by atoms with van der Waals surface area (Å²) in [7, 11) is 0. The molecule has 1 nitrogen and oxygen atoms in total. The van der Waals surface area contributed by atoms with Gasteiger partial charge in [-0.2, -0.15) is 0 Å². The molecule has 1 rings (SSSR count). The van der Waals surface area contributed by atoms with Crippen molar-refractivity contribution >= 4 is 6.08 Å². The predicted octanol–water partition coefficient (Wildman–Crippen LogP) is 3.38. The van der Waals surface area contributed by atoms with E-state index in [4.69, 9.17) is 5.73 Å². The molecule has 0 atom stereocenters. The number of aryl methyl sites for hydroxylation is 1. The molecule has 0 aliphatic heterocycles. The van der Waals surface area contributed by atoms with E-state index in [2.05, 4.69) is 25.6 Å². The van der Waals surface area contributed by atoms with E-state index >= 15 is 0 Å². The summed E-state index contributed by atoms with van der Waals surface area (Å²) in [5.41, 5.74) is 7.86. The zero-order chi connectivity index (χ0) is 11.2. The summed E-state index contributed by atoms with van der Waals surface area (Å²) >= 11 is 0. The molecule has 0 bridgehead atoms. The van der Waals surface area contributed by atoms with Crippen molar-refractivity contribution in [1.29, 1.82) is 0 Å². The highest BCUT2D eigenvalue weighted by Crippen LogP contribution is 2.06. The van der Waals surface area contributed by atoms with Crippen molar-refractivity contribution in [2.45, 2.75) is 33.2 Å². The van der Waals surface area contributed by atoms with E-state index in [1.54, 1.807) is 0 Å². The van der Waals surface area contributed by atoms with Gasteiger partial charge in [0, 0.05) is 5.54 Å². The highest BCUT2D eigenvalue weighted by Gasteiger charge is 1.95. The van der Waals surface area contributed by atoms with Crippen LogP contribution in [0.2, 0.25) is 0 Å². The third kappa shape index (κ3) is 7.56. The number of rotatable bonds is 1. The standard InChI is InChI=1S/C9H10.C4H11N/c1-3-9-7-5-4-6-8(9)2;1-4(2,3)5/h3-7H,1H2,2H3;5H2,1-3H3. The first-order valence-corrected chi connectivity index (χ1v) is 4.81. The maximum atomic E-state index is 5.35. The van der Waals surface area contributed by atoms with Gasteiger partial charge in [-0.1, -0.05) is 36.9 Å². The van der Waals surface area contributed by atoms with Gasteiger partial charge < -0.3 is 5.73 Å². The fourth-order valence-corrected chi connectivity index (χ4v) is 0.816. The Labute approximate surface area is 87.6 Å². The smallest absolute Gasteiger partial charge is 0.00686 e. The summed E-state index contributed by atoms with van der Waals surface area (Å²) < 4.78 is 0. The lowest BCUT2D eigenvalue weighted by Gasteiger charge is -2.06. The zero-order valence-corrected chi connectivity index (χ0v) is 9.67. The Morgan fingerprint density at radius 1 is 1.21 bits per heavy atom. The first-order valence-electron chi connectivity index (χ1n) is 4.81. The first kappa shape index (κ1) is 12.9. The van der Waals surface area contributed by atoms with E-state index in [-0.39, 0.29) is 5.54 Å². The van der Waals surface area contributed by atoms with Gasteiger partial charge in [-0.05, 0) is 38.8 Å². The van der Waals surface area contributed by atoms with Gasteiger partial charge in [-0.3, -0.25) is 0 Å². The molecule has 0 saturated heterocycles. The van der Waals surface area contributed by atoms with E-state index in [1.807, 2.05) is 39.0 Å². The Hall–Kier alpha value is -1.08. The van der Waals surface area contributed by atoms with Crippen LogP contribution in [-0.2, 0) is 0 Å². The molecule has 0 heterocycles. The van der Waals surface area contributed by atoms with Crippen molar-refractivity contribution < 1.29 is 0 Å². The Kier molecular flexibility index (Phi) is 5.18. The van der Waals surface area contributed by atoms with Crippen LogP contribution in [0.3, 0.4) is 0 Å². The van der Waals surface area contributed by atoms with Gasteiger partial charge in [0.05, 0.1) is 0 Å². The molecular formula is C13H21N. The lowest BCUT2D eigenvalue weighted by atomic mass is 10.1. The minimum absolute atomic E-state index is 0. The first-order chi connectivity index (χ1) is 6.34. The number of hydrogen-bond donors (Lipinski definition) is 1. The van der Waals surface area contributed by atoms with E-state index in [0.29, 0.717) is 0 Å². The van der Waals surface area contributed by atoms with Crippen molar-refractivity contribution in [2.24, 2.45) is 5.73 Å². The van der Waals surface area contributed by atoms with Crippen LogP contribution in [0.15, 0.2) is 30.8 Å². The summed E-state index contributed by atoms with van der Waals surface area (Å²) in [5, 5.41) is 0. The van der Waals surface area contributed by atoms with Gasteiger partial charge in [0.25, 0.3) is 0 Å². The van der Waals surface area contributed by atoms with Crippen molar-refractivity contribution in [3.8, 4) is 0 Å². The maximum Gasteiger partial charge on any atom is 0.00686 e. The lowest BCUT2D eigenvalue weighted by molar-refractivity contribution is 0.580. The van der Waals surface area contributed by atoms with Crippen LogP contribution in [0.25, 0.3) is 6.08 Å². The van der Waals surface area contributed by atoms with Gasteiger partial charge in [-0.15, -0.1) is 0 Å². The van der Waals surface area contributed by atoms with Crippen LogP contribution in [0, 0.1) is 6.92 Å². The zero-order valence-electron chi connectivity index (χ0n) is 9.67. The number of nitrogens with two attached hydrogens (primary N) is 1. The fourth-order valence-electron chi connectivity index (χ4n) is 0.816. The SMILES string of the molecule is C=Cc1ccccc1C.CC(C)(C)N. The molecular weight excluding hydrogens is 170 g/mol. The molecule has 1 aromatic rings. The minimum Gasteiger partial charge on any atom is -0.326 e. The van der Waals surface area contributed by atoms with E-state index in [0.717, 1.165) is 0 Å². The third-order valence-electron chi connectivity index (χ3n) is 1.41. The Bertz CT molecular complexity index is 276. The van der Waals surface area contributed by atoms with Gasteiger partial charge >= 0.3 is 0 Å². The molecule has 0 spiro atoms. The minimum atomic E-state index is 0. The average Bonchev–Trinajstić information content (AvgIpc) is 2.02. The molecule has 14 heavy (non-hydrogen) atoms. The Morgan fingerprint density at radius 2 is 1.64 bits per heavy atom. The third-order valence-corrected chi connectivity index (χ3v) is 1.41. The monoisotopic (exact) mass is 191 g/mol. The summed E-state index contributed by atoms with van der Waals surface area (Å²) in [4.78, 5) is 0. The molecule has 1 heteroatoms. The lowest BCUT2D eigenvalue weighted by Crippen LogP contribution is -2.26. The second-order valence-corrected chi connectivity index (χ2v) is 4.43. The highest BCUT2D eigenvalue weighted by molar-refractivity contribution is 5.50. The fraction of sp³-hybridized carbons (Fsp3) is 0.385. The van der Waals surface area contributed by atoms with Gasteiger partial charge in [-0.25, -0.2) is 0 Å². The van der Waals surface area contributed by atoms with Crippen molar-refractivity contribution in [3.05, 3.63) is 42.0 Å². The number of hydrogen-bond acceptors (Lipinski definition) is 1. The molecule has 0 radical (unpaired) electrons. The average molecular weight is 191 g/mol. The van der Waals surface area contributed by atoms with E-state index in [1.165, 1.54) is 11.1 Å². The summed E-state index contributed by atoms with van der Waals surface area (Å²) in [6.07, 6.45) is 1.87. The van der Waals surface area contributed by atoms with Gasteiger partial charge in [0.15, 0.2) is 0 Å². The maximum absolute atomic E-state index is 5.35. The van der Waals surface area contributed by atoms with Crippen LogP contribution in [0.1, 0.15) is 31.9 Å². The van der Waals surface area contributed by atoms with Crippen LogP contribution in [-0.4, -0.2) is 5.54 Å². The Morgan fingerprint density at radius 3 is 1.93 bits per heavy atom. The molecule has 0 amide bonds. The quantitative estimate of drug-likeness (QED) is 0.723. The molecule has 0 aliphatic rings. The molecule has 0 unspecified atom stereocenters. The van der Waals surface area contributed by atoms with E-state index in [9.17, 15) is 0 Å². The summed E-state index contributed by atoms with van der Waals surface area (Å²) in [6.45, 7) is 11.7. The molecule has 0 saturated carbocycles. The van der Waals surface area contributed by atoms with Crippen LogP contribution in [0.4, 0.5) is 0 Å². The summed E-state index contributed by atoms with van der Waals surface area (Å²) in [5.74, 6) is 0. The topological polar surface area (TPSA) is 26.0 Å². The molecule has 78 valence electrons. The van der Waals surface area contributed by atoms with Crippen LogP contribution < -0.4 is 5.73 Å². The predicted molar refractivity (Wildman–Crippen MR) is 65.2 cm³/mol. The second kappa shape index (κ2) is 5.61. The molecule has 1 aromatic carbocycles. The molecule has 2 N–H and O–H groups in total. The van der Waals surface area contributed by atoms with E-state index < -0.39 is 0 Å².